The second-order valence-electron chi connectivity index (χ2n) is 6.61. The van der Waals surface area contributed by atoms with E-state index in [-0.39, 0.29) is 17.0 Å². The van der Waals surface area contributed by atoms with Crippen molar-refractivity contribution >= 4 is 33.2 Å². The number of anilines is 1. The predicted molar refractivity (Wildman–Crippen MR) is 106 cm³/mol. The van der Waals surface area contributed by atoms with E-state index in [1.54, 1.807) is 0 Å². The molecule has 1 aliphatic heterocycles. The quantitative estimate of drug-likeness (QED) is 0.734. The topological polar surface area (TPSA) is 75.7 Å². The Balaban J connectivity index is 1.68. The van der Waals surface area contributed by atoms with Crippen molar-refractivity contribution in [3.63, 3.8) is 0 Å². The monoisotopic (exact) mass is 462 g/mol. The predicted octanol–water partition coefficient (Wildman–Crippen LogP) is 3.77. The van der Waals surface area contributed by atoms with Gasteiger partial charge in [-0.25, -0.2) is 8.42 Å². The standard InChI is InChI=1S/C19H18ClF3N2O4S/c20-17-6-5-15(11-16(17)19(21,22)23)24-18(26)14-3-1-13(2-4-14)12-30(27,28)25-7-9-29-10-8-25/h1-6,11H,7-10,12H2,(H,24,26). The number of carbonyl (C=O) groups is 1. The summed E-state index contributed by atoms with van der Waals surface area (Å²) in [5.41, 5.74) is -0.448. The number of benzene rings is 2. The van der Waals surface area contributed by atoms with Gasteiger partial charge in [0.2, 0.25) is 10.0 Å². The fraction of sp³-hybridized carbons (Fsp3) is 0.316. The summed E-state index contributed by atoms with van der Waals surface area (Å²) >= 11 is 5.57. The van der Waals surface area contributed by atoms with Crippen molar-refractivity contribution in [2.75, 3.05) is 31.6 Å². The highest BCUT2D eigenvalue weighted by Crippen LogP contribution is 2.36. The van der Waals surface area contributed by atoms with Crippen molar-refractivity contribution in [2.45, 2.75) is 11.9 Å². The number of nitrogens with zero attached hydrogens (tertiary/aromatic N) is 1. The lowest BCUT2D eigenvalue weighted by atomic mass is 10.1. The molecule has 6 nitrogen and oxygen atoms in total. The first-order chi connectivity index (χ1) is 14.1. The van der Waals surface area contributed by atoms with Gasteiger partial charge in [0.1, 0.15) is 0 Å². The smallest absolute Gasteiger partial charge is 0.379 e. The highest BCUT2D eigenvalue weighted by molar-refractivity contribution is 7.88. The summed E-state index contributed by atoms with van der Waals surface area (Å²) in [6.45, 7) is 1.28. The molecule has 3 rings (SSSR count). The van der Waals surface area contributed by atoms with Gasteiger partial charge in [0, 0.05) is 24.3 Å². The van der Waals surface area contributed by atoms with E-state index in [9.17, 15) is 26.4 Å². The molecule has 2 aromatic carbocycles. The first-order valence-corrected chi connectivity index (χ1v) is 10.9. The number of halogens is 4. The van der Waals surface area contributed by atoms with Gasteiger partial charge in [-0.3, -0.25) is 4.79 Å². The lowest BCUT2D eigenvalue weighted by molar-refractivity contribution is -0.137. The molecule has 162 valence electrons. The van der Waals surface area contributed by atoms with E-state index in [2.05, 4.69) is 5.32 Å². The Bertz CT molecular complexity index is 1020. The minimum atomic E-state index is -4.65. The molecule has 30 heavy (non-hydrogen) atoms. The molecule has 11 heteroatoms. The molecule has 1 aliphatic rings. The van der Waals surface area contributed by atoms with E-state index in [1.165, 1.54) is 34.6 Å². The van der Waals surface area contributed by atoms with Gasteiger partial charge in [0.25, 0.3) is 5.91 Å². The summed E-state index contributed by atoms with van der Waals surface area (Å²) in [7, 11) is -3.51. The molecule has 1 amide bonds. The third-order valence-electron chi connectivity index (χ3n) is 4.46. The number of nitrogens with one attached hydrogen (secondary N) is 1. The summed E-state index contributed by atoms with van der Waals surface area (Å²) < 4.78 is 70.2. The van der Waals surface area contributed by atoms with E-state index >= 15 is 0 Å². The molecule has 0 aliphatic carbocycles. The number of amides is 1. The Morgan fingerprint density at radius 1 is 1.10 bits per heavy atom. The van der Waals surface area contributed by atoms with Crippen LogP contribution in [0.2, 0.25) is 5.02 Å². The molecule has 0 atom stereocenters. The van der Waals surface area contributed by atoms with Crippen molar-refractivity contribution in [2.24, 2.45) is 0 Å². The molecule has 1 saturated heterocycles. The van der Waals surface area contributed by atoms with Gasteiger partial charge in [0.15, 0.2) is 0 Å². The van der Waals surface area contributed by atoms with Crippen molar-refractivity contribution in [3.8, 4) is 0 Å². The molecule has 0 unspecified atom stereocenters. The number of hydrogen-bond donors (Lipinski definition) is 1. The average molecular weight is 463 g/mol. The lowest BCUT2D eigenvalue weighted by Gasteiger charge is -2.26. The van der Waals surface area contributed by atoms with Crippen LogP contribution in [0.3, 0.4) is 0 Å². The van der Waals surface area contributed by atoms with Crippen molar-refractivity contribution in [1.82, 2.24) is 4.31 Å². The first kappa shape index (κ1) is 22.5. The third kappa shape index (κ3) is 5.51. The van der Waals surface area contributed by atoms with Gasteiger partial charge in [-0.05, 0) is 35.9 Å². The molecule has 0 spiro atoms. The zero-order valence-electron chi connectivity index (χ0n) is 15.6. The van der Waals surface area contributed by atoms with Gasteiger partial charge in [-0.15, -0.1) is 0 Å². The first-order valence-electron chi connectivity index (χ1n) is 8.89. The summed E-state index contributed by atoms with van der Waals surface area (Å²) in [5.74, 6) is -0.853. The minimum absolute atomic E-state index is 0.0595. The van der Waals surface area contributed by atoms with Crippen LogP contribution in [-0.4, -0.2) is 44.9 Å². The fourth-order valence-electron chi connectivity index (χ4n) is 2.90. The van der Waals surface area contributed by atoms with Gasteiger partial charge in [-0.1, -0.05) is 23.7 Å². The molecule has 1 N–H and O–H groups in total. The van der Waals surface area contributed by atoms with E-state index in [4.69, 9.17) is 16.3 Å². The average Bonchev–Trinajstić information content (AvgIpc) is 2.69. The highest BCUT2D eigenvalue weighted by Gasteiger charge is 2.33. The van der Waals surface area contributed by atoms with Crippen molar-refractivity contribution in [1.29, 1.82) is 0 Å². The number of hydrogen-bond acceptors (Lipinski definition) is 4. The Hall–Kier alpha value is -2.14. The van der Waals surface area contributed by atoms with Crippen LogP contribution in [-0.2, 0) is 26.7 Å². The number of rotatable bonds is 5. The van der Waals surface area contributed by atoms with E-state index in [1.807, 2.05) is 0 Å². The largest absolute Gasteiger partial charge is 0.417 e. The van der Waals surface area contributed by atoms with E-state index < -0.39 is 32.7 Å². The Kier molecular flexibility index (Phi) is 6.71. The van der Waals surface area contributed by atoms with Crippen LogP contribution >= 0.6 is 11.6 Å². The molecule has 0 aromatic heterocycles. The number of morpholine rings is 1. The van der Waals surface area contributed by atoms with Crippen LogP contribution in [0, 0.1) is 0 Å². The van der Waals surface area contributed by atoms with Crippen LogP contribution in [0.5, 0.6) is 0 Å². The molecule has 2 aromatic rings. The molecule has 0 bridgehead atoms. The van der Waals surface area contributed by atoms with Crippen molar-refractivity contribution in [3.05, 3.63) is 64.2 Å². The summed E-state index contributed by atoms with van der Waals surface area (Å²) in [4.78, 5) is 12.3. The number of ether oxygens (including phenoxy) is 1. The molecular weight excluding hydrogens is 445 g/mol. The Morgan fingerprint density at radius 2 is 1.73 bits per heavy atom. The molecule has 1 heterocycles. The number of alkyl halides is 3. The van der Waals surface area contributed by atoms with Crippen LogP contribution in [0.15, 0.2) is 42.5 Å². The second kappa shape index (κ2) is 8.93. The maximum absolute atomic E-state index is 12.9. The van der Waals surface area contributed by atoms with E-state index in [0.717, 1.165) is 12.1 Å². The summed E-state index contributed by atoms with van der Waals surface area (Å²) in [6.07, 6.45) is -4.65. The summed E-state index contributed by atoms with van der Waals surface area (Å²) in [6, 6.07) is 8.90. The van der Waals surface area contributed by atoms with Crippen LogP contribution in [0.4, 0.5) is 18.9 Å². The molecule has 1 fully saturated rings. The van der Waals surface area contributed by atoms with E-state index in [0.29, 0.717) is 31.9 Å². The van der Waals surface area contributed by atoms with Gasteiger partial charge in [-0.2, -0.15) is 17.5 Å². The minimum Gasteiger partial charge on any atom is -0.379 e. The fourth-order valence-corrected chi connectivity index (χ4v) is 4.63. The second-order valence-corrected chi connectivity index (χ2v) is 8.99. The molecular formula is C19H18ClF3N2O4S. The van der Waals surface area contributed by atoms with Crippen LogP contribution in [0.25, 0.3) is 0 Å². The van der Waals surface area contributed by atoms with Gasteiger partial charge >= 0.3 is 6.18 Å². The maximum Gasteiger partial charge on any atom is 0.417 e. The molecule has 0 saturated carbocycles. The lowest BCUT2D eigenvalue weighted by Crippen LogP contribution is -2.41. The van der Waals surface area contributed by atoms with Crippen molar-refractivity contribution < 1.29 is 31.1 Å². The zero-order valence-corrected chi connectivity index (χ0v) is 17.1. The van der Waals surface area contributed by atoms with Crippen LogP contribution < -0.4 is 5.32 Å². The zero-order chi connectivity index (χ0) is 21.9. The normalized spacial score (nSPS) is 15.7. The molecule has 0 radical (unpaired) electrons. The van der Waals surface area contributed by atoms with Gasteiger partial charge in [0.05, 0.1) is 29.6 Å². The Morgan fingerprint density at radius 3 is 2.33 bits per heavy atom. The van der Waals surface area contributed by atoms with Crippen LogP contribution in [0.1, 0.15) is 21.5 Å². The highest BCUT2D eigenvalue weighted by atomic mass is 35.5. The third-order valence-corrected chi connectivity index (χ3v) is 6.64. The number of sulfonamides is 1. The van der Waals surface area contributed by atoms with Gasteiger partial charge < -0.3 is 10.1 Å². The Labute approximate surface area is 176 Å². The maximum atomic E-state index is 12.9. The SMILES string of the molecule is O=C(Nc1ccc(Cl)c(C(F)(F)F)c1)c1ccc(CS(=O)(=O)N2CCOCC2)cc1. The number of carbonyl (C=O) groups excluding carboxylic acids is 1. The summed E-state index contributed by atoms with van der Waals surface area (Å²) in [5, 5.41) is 1.91.